The summed E-state index contributed by atoms with van der Waals surface area (Å²) in [6, 6.07) is 5.24. The van der Waals surface area contributed by atoms with Crippen molar-refractivity contribution in [3.05, 3.63) is 56.6 Å². The molecule has 0 bridgehead atoms. The van der Waals surface area contributed by atoms with E-state index in [1.807, 2.05) is 4.68 Å². The molecule has 2 aromatic rings. The van der Waals surface area contributed by atoms with Crippen LogP contribution in [0.1, 0.15) is 132 Å². The van der Waals surface area contributed by atoms with E-state index in [9.17, 15) is 24.3 Å². The van der Waals surface area contributed by atoms with Gasteiger partial charge in [0.15, 0.2) is 11.6 Å². The number of rotatable bonds is 9. The molecule has 10 nitrogen and oxygen atoms in total. The highest BCUT2D eigenvalue weighted by Gasteiger charge is 2.70. The molecular weight excluding hydrogens is 728 g/mol. The molecule has 7 rings (SSSR count). The molecule has 2 heterocycles. The third-order valence-corrected chi connectivity index (χ3v) is 16.8. The minimum absolute atomic E-state index is 0.00472. The standard InChI is InChI=1S/C45H63ClN4O6/c1-26(2)37-29(51)23-45(32-22-35(52)50(49(32)21-20-47)34-13-10-27(46)25-48-34)19-18-43(8)28(38(37)45)11-12-31-42(7)16-15-33(56-36(53)24-40(3,4)39(54)55)41(5,6)30(42)14-17-44(31,43)9/h10,13,22,25-26,28,30-31,33H,11-12,14-21,23-24,47H2,1-9H3,(H,54,55)/t28-,30+,31-,33+,42+,43-,44-,45+/m1/s1. The number of aromatic nitrogens is 3. The molecule has 0 spiro atoms. The maximum absolute atomic E-state index is 14.4. The minimum Gasteiger partial charge on any atom is -0.481 e. The first-order valence-corrected chi connectivity index (χ1v) is 21.3. The van der Waals surface area contributed by atoms with Crippen LogP contribution in [0, 0.1) is 50.7 Å². The molecule has 0 radical (unpaired) electrons. The number of ether oxygens (including phenoxy) is 1. The van der Waals surface area contributed by atoms with Crippen molar-refractivity contribution in [1.82, 2.24) is 14.3 Å². The van der Waals surface area contributed by atoms with Crippen molar-refractivity contribution in [3.63, 3.8) is 0 Å². The summed E-state index contributed by atoms with van der Waals surface area (Å²) < 4.78 is 9.79. The third kappa shape index (κ3) is 5.84. The Bertz CT molecular complexity index is 2030. The quantitative estimate of drug-likeness (QED) is 0.241. The molecule has 0 saturated heterocycles. The zero-order chi connectivity index (χ0) is 41.0. The number of pyridine rings is 1. The van der Waals surface area contributed by atoms with Gasteiger partial charge in [-0.3, -0.25) is 23.9 Å². The van der Waals surface area contributed by atoms with Crippen LogP contribution in [0.3, 0.4) is 0 Å². The zero-order valence-corrected chi connectivity index (χ0v) is 35.7. The van der Waals surface area contributed by atoms with E-state index < -0.39 is 22.8 Å². The van der Waals surface area contributed by atoms with Crippen molar-refractivity contribution >= 4 is 29.3 Å². The molecule has 2 aromatic heterocycles. The van der Waals surface area contributed by atoms with E-state index in [-0.39, 0.29) is 57.4 Å². The number of nitrogens with two attached hydrogens (primary N) is 1. The molecule has 4 saturated carbocycles. The number of carbonyl (C=O) groups excluding carboxylic acids is 2. The number of carboxylic acid groups (broad SMARTS) is 1. The maximum atomic E-state index is 14.4. The predicted molar refractivity (Wildman–Crippen MR) is 216 cm³/mol. The van der Waals surface area contributed by atoms with Gasteiger partial charge in [-0.05, 0) is 128 Å². The second-order valence-electron chi connectivity index (χ2n) is 20.4. The average Bonchev–Trinajstić information content (AvgIpc) is 3.60. The van der Waals surface area contributed by atoms with E-state index in [0.717, 1.165) is 62.6 Å². The highest BCUT2D eigenvalue weighted by atomic mass is 35.5. The summed E-state index contributed by atoms with van der Waals surface area (Å²) in [5.74, 6) is 0.250. The Hall–Kier alpha value is -3.24. The number of aliphatic carboxylic acids is 1. The van der Waals surface area contributed by atoms with Crippen molar-refractivity contribution in [2.24, 2.45) is 56.5 Å². The molecule has 0 amide bonds. The second-order valence-corrected chi connectivity index (χ2v) is 20.8. The lowest BCUT2D eigenvalue weighted by Gasteiger charge is -2.72. The van der Waals surface area contributed by atoms with Gasteiger partial charge < -0.3 is 15.6 Å². The normalized spacial score (nSPS) is 35.1. The fraction of sp³-hybridized carbons (Fsp3) is 0.711. The molecular formula is C45H63ClN4O6. The van der Waals surface area contributed by atoms with Crippen LogP contribution in [0.2, 0.25) is 5.02 Å². The molecule has 11 heteroatoms. The Morgan fingerprint density at radius 3 is 2.34 bits per heavy atom. The highest BCUT2D eigenvalue weighted by molar-refractivity contribution is 6.30. The number of allylic oxidation sites excluding steroid dienone is 2. The molecule has 8 atom stereocenters. The fourth-order valence-electron chi connectivity index (χ4n) is 13.7. The zero-order valence-electron chi connectivity index (χ0n) is 35.0. The van der Waals surface area contributed by atoms with E-state index in [4.69, 9.17) is 22.1 Å². The maximum Gasteiger partial charge on any atom is 0.309 e. The SMILES string of the molecule is CC(C)C1=C2[C@H]3CC[C@@H]4[C@@]5(C)CC[C@H](OC(=O)CC(C)(C)C(=O)O)C(C)(C)[C@@H]5CC[C@@]4(C)[C@]3(C)CC[C@@]2(c2cc(=O)n(-c3ccc(Cl)cn3)n2CCN)CC1=O. The lowest BCUT2D eigenvalue weighted by atomic mass is 9.33. The number of Topliss-reactive ketones (excluding diaryl/α,β-unsaturated/α-hetero) is 1. The largest absolute Gasteiger partial charge is 0.481 e. The van der Waals surface area contributed by atoms with Gasteiger partial charge in [0.1, 0.15) is 6.10 Å². The Labute approximate surface area is 337 Å². The molecule has 5 aliphatic rings. The van der Waals surface area contributed by atoms with Gasteiger partial charge in [0, 0.05) is 36.1 Å². The Morgan fingerprint density at radius 2 is 1.71 bits per heavy atom. The smallest absolute Gasteiger partial charge is 0.309 e. The van der Waals surface area contributed by atoms with Crippen LogP contribution in [-0.2, 0) is 31.1 Å². The first-order valence-electron chi connectivity index (χ1n) is 20.9. The van der Waals surface area contributed by atoms with Crippen molar-refractivity contribution in [2.75, 3.05) is 6.54 Å². The lowest BCUT2D eigenvalue weighted by molar-refractivity contribution is -0.232. The molecule has 0 aromatic carbocycles. The van der Waals surface area contributed by atoms with Crippen LogP contribution in [0.5, 0.6) is 0 Å². The molecule has 5 aliphatic carbocycles. The summed E-state index contributed by atoms with van der Waals surface area (Å²) in [7, 11) is 0. The summed E-state index contributed by atoms with van der Waals surface area (Å²) in [5.41, 5.74) is 7.03. The number of halogens is 1. The number of fused-ring (bicyclic) bond motifs is 7. The fourth-order valence-corrected chi connectivity index (χ4v) is 13.8. The van der Waals surface area contributed by atoms with Gasteiger partial charge in [-0.1, -0.05) is 60.1 Å². The number of hydrogen-bond donors (Lipinski definition) is 2. The number of carbonyl (C=O) groups is 3. The Kier molecular flexibility index (Phi) is 10.00. The number of nitrogens with zero attached hydrogens (tertiary/aromatic N) is 3. The van der Waals surface area contributed by atoms with Gasteiger partial charge in [-0.15, -0.1) is 0 Å². The van der Waals surface area contributed by atoms with E-state index in [1.165, 1.54) is 5.57 Å². The molecule has 0 unspecified atom stereocenters. The van der Waals surface area contributed by atoms with Crippen LogP contribution in [-0.4, -0.2) is 49.8 Å². The van der Waals surface area contributed by atoms with Crippen LogP contribution >= 0.6 is 11.6 Å². The second kappa shape index (κ2) is 13.7. The summed E-state index contributed by atoms with van der Waals surface area (Å²) in [6.07, 6.45) is 8.99. The molecule has 0 aliphatic heterocycles. The summed E-state index contributed by atoms with van der Waals surface area (Å²) in [4.78, 5) is 57.9. The number of hydrogen-bond acceptors (Lipinski definition) is 7. The van der Waals surface area contributed by atoms with Gasteiger partial charge in [-0.2, -0.15) is 4.68 Å². The highest BCUT2D eigenvalue weighted by Crippen LogP contribution is 2.77. The van der Waals surface area contributed by atoms with Gasteiger partial charge in [0.2, 0.25) is 0 Å². The number of esters is 1. The van der Waals surface area contributed by atoms with Crippen molar-refractivity contribution < 1.29 is 24.2 Å². The topological polar surface area (TPSA) is 147 Å². The van der Waals surface area contributed by atoms with Gasteiger partial charge in [0.25, 0.3) is 5.56 Å². The Morgan fingerprint density at radius 1 is 1.00 bits per heavy atom. The minimum atomic E-state index is -1.18. The molecule has 306 valence electrons. The van der Waals surface area contributed by atoms with E-state index in [0.29, 0.717) is 42.2 Å². The molecule has 4 fully saturated rings. The first-order chi connectivity index (χ1) is 26.1. The van der Waals surface area contributed by atoms with Crippen molar-refractivity contribution in [1.29, 1.82) is 0 Å². The third-order valence-electron chi connectivity index (χ3n) is 16.6. The van der Waals surface area contributed by atoms with Crippen molar-refractivity contribution in [2.45, 2.75) is 145 Å². The number of carboxylic acids is 1. The first kappa shape index (κ1) is 40.9. The molecule has 56 heavy (non-hydrogen) atoms. The van der Waals surface area contributed by atoms with Gasteiger partial charge >= 0.3 is 11.9 Å². The number of ketones is 1. The van der Waals surface area contributed by atoms with Crippen LogP contribution in [0.25, 0.3) is 5.82 Å². The monoisotopic (exact) mass is 790 g/mol. The summed E-state index contributed by atoms with van der Waals surface area (Å²) >= 11 is 6.20. The van der Waals surface area contributed by atoms with Crippen LogP contribution < -0.4 is 11.3 Å². The molecule has 3 N–H and O–H groups in total. The van der Waals surface area contributed by atoms with Gasteiger partial charge in [-0.25, -0.2) is 4.98 Å². The lowest BCUT2D eigenvalue weighted by Crippen LogP contribution is -2.66. The summed E-state index contributed by atoms with van der Waals surface area (Å²) in [6.45, 7) is 20.3. The van der Waals surface area contributed by atoms with Crippen LogP contribution in [0.4, 0.5) is 0 Å². The Balaban J connectivity index is 1.26. The summed E-state index contributed by atoms with van der Waals surface area (Å²) in [5, 5.41) is 10.1. The van der Waals surface area contributed by atoms with Crippen LogP contribution in [0.15, 0.2) is 40.3 Å². The van der Waals surface area contributed by atoms with E-state index >= 15 is 0 Å². The van der Waals surface area contributed by atoms with Crippen molar-refractivity contribution in [3.8, 4) is 5.82 Å². The van der Waals surface area contributed by atoms with Gasteiger partial charge in [0.05, 0.1) is 29.1 Å². The predicted octanol–water partition coefficient (Wildman–Crippen LogP) is 8.29. The average molecular weight is 791 g/mol. The van der Waals surface area contributed by atoms with E-state index in [1.54, 1.807) is 42.9 Å². The van der Waals surface area contributed by atoms with E-state index in [2.05, 4.69) is 53.5 Å².